The largest absolute Gasteiger partial charge is 0.469 e. The maximum absolute atomic E-state index is 14.3. The summed E-state index contributed by atoms with van der Waals surface area (Å²) in [6, 6.07) is 17.5. The van der Waals surface area contributed by atoms with Crippen molar-refractivity contribution in [2.75, 3.05) is 95.3 Å². The van der Waals surface area contributed by atoms with E-state index in [-0.39, 0.29) is 82.1 Å². The lowest BCUT2D eigenvalue weighted by molar-refractivity contribution is -0.389. The molecule has 614 valence electrons. The number of hydrogen-bond acceptors (Lipinski definition) is 28. The van der Waals surface area contributed by atoms with Crippen molar-refractivity contribution in [2.45, 2.75) is 155 Å². The standard InChI is InChI=1S/C15H13ClF2N4.C14H21N3O4.C14H23N3O2.C13H19N3O4.C8H17NO2.C5H3FN2O2.C5H5FN2.ClH/c1-7(2)22-8(3)20-14-10(17)4-9(5-12(14)22)13-11(18)6-19-15(16)21-13;1-16(10-6-4-3-5-7-14(18)21-2)12-8-9-13(15-11-12)17(19)20;1-17(12-8-9-13(15)16-11-12)10-6-4-3-5-7-14(18)19-2;1-20-13(17)6-4-2-3-5-9-14-11-7-8-12(15-10-11)16(18)19;1-11-8(10)6-4-2-3-5-7-9;6-4-1-2-5(7-3-4)8(9)10;6-4-1-2-5(7)8-3-4;/h4-7H,1-3H3;8-9,11H,3-7,10H2,1-2H3;8-9,11H,3-7,10H2,1-2H3,(H2,15,16);7-8,10,14H,2-6,9H2,1H3;2-7,9H2,1H3;1-3H;1-3H,(H2,7,8);1H. The Hall–Kier alpha value is -11.1. The number of halogens is 6. The van der Waals surface area contributed by atoms with Gasteiger partial charge in [-0.25, -0.2) is 42.5 Å². The van der Waals surface area contributed by atoms with Gasteiger partial charge in [-0.3, -0.25) is 19.2 Å². The zero-order valence-corrected chi connectivity index (χ0v) is 66.0. The molecular formula is C74H102Cl2F4N18O14. The number of carbonyl (C=O) groups is 4. The van der Waals surface area contributed by atoms with E-state index in [0.717, 1.165) is 177 Å². The number of ether oxygens (including phenoxy) is 4. The second-order valence-electron chi connectivity index (χ2n) is 24.5. The van der Waals surface area contributed by atoms with Crippen molar-refractivity contribution >= 4 is 105 Å². The van der Waals surface area contributed by atoms with Crippen molar-refractivity contribution in [1.29, 1.82) is 0 Å². The molecule has 0 saturated carbocycles. The number of methoxy groups -OCH3 is 4. The molecule has 0 saturated heterocycles. The Morgan fingerprint density at radius 1 is 0.518 bits per heavy atom. The smallest absolute Gasteiger partial charge is 0.363 e. The summed E-state index contributed by atoms with van der Waals surface area (Å²) >= 11 is 5.71. The van der Waals surface area contributed by atoms with Gasteiger partial charge in [-0.15, -0.1) is 12.4 Å². The molecule has 0 amide bonds. The lowest BCUT2D eigenvalue weighted by atomic mass is 10.1. The van der Waals surface area contributed by atoms with E-state index >= 15 is 0 Å². The Morgan fingerprint density at radius 3 is 1.30 bits per heavy atom. The van der Waals surface area contributed by atoms with E-state index in [0.29, 0.717) is 54.2 Å². The number of carbonyl (C=O) groups excluding carboxylic acids is 4. The average Bonchev–Trinajstić information content (AvgIpc) is 1.60. The summed E-state index contributed by atoms with van der Waals surface area (Å²) in [4.78, 5) is 107. The molecule has 0 spiro atoms. The highest BCUT2D eigenvalue weighted by Gasteiger charge is 2.19. The number of imidazole rings is 1. The van der Waals surface area contributed by atoms with Gasteiger partial charge in [0.2, 0.25) is 5.28 Å². The van der Waals surface area contributed by atoms with E-state index in [9.17, 15) is 67.1 Å². The number of nitrogens with two attached hydrogens (primary N) is 3. The highest BCUT2D eigenvalue weighted by atomic mass is 35.5. The number of rotatable bonds is 35. The molecule has 8 rings (SSSR count). The van der Waals surface area contributed by atoms with Crippen LogP contribution in [0.25, 0.3) is 22.3 Å². The Labute approximate surface area is 659 Å². The van der Waals surface area contributed by atoms with Crippen molar-refractivity contribution in [1.82, 2.24) is 44.4 Å². The average molecular weight is 1610 g/mol. The minimum atomic E-state index is -0.681. The minimum absolute atomic E-state index is 0. The number of pyridine rings is 5. The lowest BCUT2D eigenvalue weighted by Gasteiger charge is -2.18. The topological polar surface area (TPSA) is 439 Å². The number of benzene rings is 1. The second-order valence-corrected chi connectivity index (χ2v) is 24.9. The number of nitrogens with zero attached hydrogens (tertiary/aromatic N) is 14. The van der Waals surface area contributed by atoms with Crippen molar-refractivity contribution < 1.29 is 70.5 Å². The van der Waals surface area contributed by atoms with E-state index in [4.69, 9.17) is 28.8 Å². The SMILES string of the molecule is COC(=O)CCCCCCN.COC(=O)CCCCCCN(C)c1ccc(N)nc1.COC(=O)CCCCCCN(C)c1ccc([N+](=O)[O-])nc1.COC(=O)CCCCCCNc1ccc([N+](=O)[O-])nc1.Cc1nc2c(F)cc(-c3nc(Cl)ncc3F)cc2n1C(C)C.Cl.Nc1ccc(F)cn1.O=[N+]([O-])c1ccc(F)cn1. The first kappa shape index (κ1) is 98.9. The molecular weight excluding hydrogens is 1510 g/mol. The monoisotopic (exact) mass is 1610 g/mol. The molecule has 1 aromatic carbocycles. The molecule has 38 heteroatoms. The summed E-state index contributed by atoms with van der Waals surface area (Å²) < 4.78 is 72.4. The maximum Gasteiger partial charge on any atom is 0.363 e. The van der Waals surface area contributed by atoms with E-state index in [1.54, 1.807) is 31.3 Å². The number of anilines is 5. The van der Waals surface area contributed by atoms with Gasteiger partial charge in [0.25, 0.3) is 0 Å². The molecule has 0 unspecified atom stereocenters. The number of nitrogens with one attached hydrogen (secondary N) is 1. The van der Waals surface area contributed by atoms with Gasteiger partial charge in [-0.05, 0) is 175 Å². The van der Waals surface area contributed by atoms with E-state index < -0.39 is 32.2 Å². The second kappa shape index (κ2) is 57.0. The summed E-state index contributed by atoms with van der Waals surface area (Å²) in [6.45, 7) is 9.10. The fraction of sp³-hybridized carbons (Fsp3) is 0.459. The van der Waals surface area contributed by atoms with Gasteiger partial charge in [0.15, 0.2) is 36.0 Å². The number of hydrogen-bond donors (Lipinski definition) is 4. The van der Waals surface area contributed by atoms with Crippen LogP contribution in [0, 0.1) is 60.5 Å². The summed E-state index contributed by atoms with van der Waals surface area (Å²) in [5, 5.41) is 33.9. The molecule has 112 heavy (non-hydrogen) atoms. The van der Waals surface area contributed by atoms with Gasteiger partial charge in [0, 0.05) is 89.2 Å². The third-order valence-corrected chi connectivity index (χ3v) is 15.9. The van der Waals surface area contributed by atoms with E-state index in [2.05, 4.69) is 69.0 Å². The van der Waals surface area contributed by atoms with Gasteiger partial charge in [0.1, 0.15) is 34.5 Å². The van der Waals surface area contributed by atoms with E-state index in [1.807, 2.05) is 49.5 Å². The fourth-order valence-corrected chi connectivity index (χ4v) is 9.89. The fourth-order valence-electron chi connectivity index (χ4n) is 9.76. The molecule has 7 aromatic heterocycles. The number of aryl methyl sites for hydroxylation is 1. The zero-order valence-electron chi connectivity index (χ0n) is 64.4. The van der Waals surface area contributed by atoms with Crippen molar-refractivity contribution in [3.05, 3.63) is 175 Å². The molecule has 0 atom stereocenters. The predicted octanol–water partition coefficient (Wildman–Crippen LogP) is 15.0. The van der Waals surface area contributed by atoms with Gasteiger partial charge < -0.3 is 86.2 Å². The van der Waals surface area contributed by atoms with Crippen LogP contribution in [0.5, 0.6) is 0 Å². The molecule has 7 heterocycles. The first-order valence-corrected chi connectivity index (χ1v) is 35.9. The Kier molecular flexibility index (Phi) is 50.3. The van der Waals surface area contributed by atoms with Crippen molar-refractivity contribution in [3.63, 3.8) is 0 Å². The molecule has 0 radical (unpaired) electrons. The van der Waals surface area contributed by atoms with Crippen molar-refractivity contribution in [2.24, 2.45) is 5.73 Å². The van der Waals surface area contributed by atoms with Crippen LogP contribution in [0.2, 0.25) is 5.28 Å². The molecule has 32 nitrogen and oxygen atoms in total. The Bertz CT molecular complexity index is 4040. The van der Waals surface area contributed by atoms with Gasteiger partial charge in [-0.1, -0.05) is 51.4 Å². The van der Waals surface area contributed by atoms with E-state index in [1.165, 1.54) is 71.2 Å². The third kappa shape index (κ3) is 41.6. The summed E-state index contributed by atoms with van der Waals surface area (Å²) in [6.07, 6.45) is 25.6. The summed E-state index contributed by atoms with van der Waals surface area (Å²) in [7, 11) is 9.61. The highest BCUT2D eigenvalue weighted by molar-refractivity contribution is 6.28. The van der Waals surface area contributed by atoms with Crippen LogP contribution in [-0.4, -0.2) is 152 Å². The highest BCUT2D eigenvalue weighted by Crippen LogP contribution is 2.30. The summed E-state index contributed by atoms with van der Waals surface area (Å²) in [5.41, 5.74) is 19.8. The predicted molar refractivity (Wildman–Crippen MR) is 422 cm³/mol. The zero-order chi connectivity index (χ0) is 82.6. The third-order valence-electron chi connectivity index (χ3n) is 15.7. The van der Waals surface area contributed by atoms with Crippen LogP contribution in [-0.2, 0) is 38.1 Å². The number of unbranched alkanes of at least 4 members (excludes halogenated alkanes) is 12. The molecule has 0 aliphatic rings. The van der Waals surface area contributed by atoms with Gasteiger partial charge in [0.05, 0.1) is 69.6 Å². The molecule has 0 aliphatic carbocycles. The molecule has 7 N–H and O–H groups in total. The Morgan fingerprint density at radius 2 is 0.920 bits per heavy atom. The normalized spacial score (nSPS) is 10.1. The number of nitrogen functional groups attached to an aromatic ring is 2. The number of aromatic nitrogens is 9. The lowest BCUT2D eigenvalue weighted by Crippen LogP contribution is -2.18. The molecule has 0 fully saturated rings. The maximum atomic E-state index is 14.3. The van der Waals surface area contributed by atoms with Crippen molar-refractivity contribution in [3.8, 4) is 11.3 Å². The quantitative estimate of drug-likeness (QED) is 0.00545. The van der Waals surface area contributed by atoms with Crippen LogP contribution >= 0.6 is 24.0 Å². The Balaban J connectivity index is 0.000000668. The summed E-state index contributed by atoms with van der Waals surface area (Å²) in [5.74, 6) is -1.75. The number of fused-ring (bicyclic) bond motifs is 1. The number of nitro groups is 3. The molecule has 8 aromatic rings. The first-order valence-electron chi connectivity index (χ1n) is 35.5. The molecule has 0 aliphatic heterocycles. The van der Waals surface area contributed by atoms with Crippen LogP contribution < -0.4 is 32.3 Å². The van der Waals surface area contributed by atoms with Crippen LogP contribution in [0.3, 0.4) is 0 Å². The molecule has 0 bridgehead atoms. The van der Waals surface area contributed by atoms with Crippen LogP contribution in [0.15, 0.2) is 110 Å². The van der Waals surface area contributed by atoms with Gasteiger partial charge >= 0.3 is 41.3 Å². The van der Waals surface area contributed by atoms with Gasteiger partial charge in [-0.2, -0.15) is 0 Å². The first-order chi connectivity index (χ1) is 53.0. The van der Waals surface area contributed by atoms with Crippen LogP contribution in [0.1, 0.15) is 154 Å². The number of esters is 4. The van der Waals surface area contributed by atoms with Crippen LogP contribution in [0.4, 0.5) is 63.7 Å². The minimum Gasteiger partial charge on any atom is -0.469 e.